The summed E-state index contributed by atoms with van der Waals surface area (Å²) >= 11 is 10.3. The first-order chi connectivity index (χ1) is 11.3. The van der Waals surface area contributed by atoms with Crippen LogP contribution in [0.15, 0.2) is 0 Å². The molecule has 2 heterocycles. The highest BCUT2D eigenvalue weighted by atomic mass is 32.1. The largest absolute Gasteiger partial charge is 0.473 e. The van der Waals surface area contributed by atoms with Gasteiger partial charge in [-0.1, -0.05) is 24.4 Å². The SMILES string of the molecule is CC1(C)NC(=S)C(C)(C)N1.CC1(C)NC(=S)C(C)(C)N1.O=C(O)C(=O)O. The Kier molecular flexibility index (Phi) is 7.69. The Hall–Kier alpha value is -1.36. The summed E-state index contributed by atoms with van der Waals surface area (Å²) in [5.41, 5.74) is -0.168. The second kappa shape index (κ2) is 8.12. The fourth-order valence-corrected chi connectivity index (χ4v) is 3.23. The zero-order valence-electron chi connectivity index (χ0n) is 16.5. The minimum Gasteiger partial charge on any atom is -0.473 e. The van der Waals surface area contributed by atoms with Crippen LogP contribution >= 0.6 is 24.4 Å². The van der Waals surface area contributed by atoms with Crippen LogP contribution in [-0.2, 0) is 9.59 Å². The molecule has 0 aromatic carbocycles. The molecule has 0 spiro atoms. The van der Waals surface area contributed by atoms with E-state index in [0.29, 0.717) is 0 Å². The standard InChI is InChI=1S/2C7H14N2S.C2H2O4/c2*1-6(2)5(10)8-7(3,4)9-6;3-1(4)2(5)6/h2*9H,1-4H3,(H,8,10);(H,3,4)(H,5,6). The van der Waals surface area contributed by atoms with Gasteiger partial charge in [-0.05, 0) is 55.4 Å². The van der Waals surface area contributed by atoms with E-state index in [1.807, 2.05) is 0 Å². The summed E-state index contributed by atoms with van der Waals surface area (Å²) in [5, 5.41) is 27.9. The van der Waals surface area contributed by atoms with Crippen molar-refractivity contribution >= 4 is 46.4 Å². The number of nitrogens with one attached hydrogen (secondary N) is 4. The van der Waals surface area contributed by atoms with E-state index in [-0.39, 0.29) is 22.4 Å². The van der Waals surface area contributed by atoms with Gasteiger partial charge >= 0.3 is 11.9 Å². The lowest BCUT2D eigenvalue weighted by molar-refractivity contribution is -0.159. The first kappa shape index (κ1) is 24.6. The van der Waals surface area contributed by atoms with Crippen molar-refractivity contribution in [2.45, 2.75) is 77.8 Å². The van der Waals surface area contributed by atoms with E-state index in [0.717, 1.165) is 9.98 Å². The predicted octanol–water partition coefficient (Wildman–Crippen LogP) is 1.20. The topological polar surface area (TPSA) is 123 Å². The molecule has 2 aliphatic rings. The first-order valence-electron chi connectivity index (χ1n) is 8.01. The number of hydrogen-bond donors (Lipinski definition) is 6. The Bertz CT molecular complexity index is 549. The molecule has 0 atom stereocenters. The van der Waals surface area contributed by atoms with Crippen molar-refractivity contribution in [2.24, 2.45) is 0 Å². The third-order valence-corrected chi connectivity index (χ3v) is 4.65. The van der Waals surface area contributed by atoms with Crippen LogP contribution in [0.5, 0.6) is 0 Å². The van der Waals surface area contributed by atoms with Gasteiger partial charge in [0, 0.05) is 0 Å². The lowest BCUT2D eigenvalue weighted by Crippen LogP contribution is -2.46. The maximum atomic E-state index is 9.10. The smallest absolute Gasteiger partial charge is 0.414 e. The van der Waals surface area contributed by atoms with Gasteiger partial charge < -0.3 is 20.8 Å². The van der Waals surface area contributed by atoms with Gasteiger partial charge in [0.25, 0.3) is 0 Å². The van der Waals surface area contributed by atoms with Crippen LogP contribution in [0.25, 0.3) is 0 Å². The molecule has 2 aliphatic heterocycles. The van der Waals surface area contributed by atoms with Crippen molar-refractivity contribution in [3.8, 4) is 0 Å². The molecule has 0 aromatic heterocycles. The van der Waals surface area contributed by atoms with E-state index in [4.69, 9.17) is 44.2 Å². The lowest BCUT2D eigenvalue weighted by Gasteiger charge is -2.22. The molecule has 6 N–H and O–H groups in total. The fraction of sp³-hybridized carbons (Fsp3) is 0.750. The van der Waals surface area contributed by atoms with Gasteiger partial charge in [0.2, 0.25) is 0 Å². The highest BCUT2D eigenvalue weighted by Crippen LogP contribution is 2.18. The van der Waals surface area contributed by atoms with Crippen molar-refractivity contribution in [2.75, 3.05) is 0 Å². The highest BCUT2D eigenvalue weighted by molar-refractivity contribution is 7.80. The minimum atomic E-state index is -1.82. The fourth-order valence-electron chi connectivity index (χ4n) is 2.62. The summed E-state index contributed by atoms with van der Waals surface area (Å²) in [6, 6.07) is 0. The summed E-state index contributed by atoms with van der Waals surface area (Å²) < 4.78 is 0. The third kappa shape index (κ3) is 7.90. The van der Waals surface area contributed by atoms with Crippen LogP contribution in [0.4, 0.5) is 0 Å². The number of aliphatic carboxylic acids is 2. The highest BCUT2D eigenvalue weighted by Gasteiger charge is 2.39. The van der Waals surface area contributed by atoms with Crippen molar-refractivity contribution < 1.29 is 19.8 Å². The predicted molar refractivity (Wildman–Crippen MR) is 109 cm³/mol. The zero-order valence-corrected chi connectivity index (χ0v) is 18.2. The van der Waals surface area contributed by atoms with Gasteiger partial charge in [-0.3, -0.25) is 10.6 Å². The number of carboxylic acids is 2. The summed E-state index contributed by atoms with van der Waals surface area (Å²) in [6.07, 6.45) is 0. The Labute approximate surface area is 165 Å². The Morgan fingerprint density at radius 2 is 0.923 bits per heavy atom. The first-order valence-corrected chi connectivity index (χ1v) is 8.83. The number of hydrogen-bond acceptors (Lipinski definition) is 6. The van der Waals surface area contributed by atoms with Gasteiger partial charge in [-0.15, -0.1) is 0 Å². The molecule has 26 heavy (non-hydrogen) atoms. The minimum absolute atomic E-state index is 0.0411. The maximum absolute atomic E-state index is 9.10. The number of rotatable bonds is 0. The van der Waals surface area contributed by atoms with E-state index < -0.39 is 11.9 Å². The molecule has 0 radical (unpaired) electrons. The number of thiocarbonyl (C=S) groups is 2. The third-order valence-electron chi connectivity index (χ3n) is 3.42. The summed E-state index contributed by atoms with van der Waals surface area (Å²) in [5.74, 6) is -3.65. The van der Waals surface area contributed by atoms with Crippen LogP contribution in [0.2, 0.25) is 0 Å². The van der Waals surface area contributed by atoms with Gasteiger partial charge in [0.1, 0.15) is 0 Å². The number of carbonyl (C=O) groups is 2. The molecule has 0 bridgehead atoms. The van der Waals surface area contributed by atoms with E-state index in [1.54, 1.807) is 0 Å². The summed E-state index contributed by atoms with van der Waals surface area (Å²) in [7, 11) is 0. The molecule has 10 heteroatoms. The molecular weight excluding hydrogens is 376 g/mol. The van der Waals surface area contributed by atoms with Crippen molar-refractivity contribution in [3.05, 3.63) is 0 Å². The molecule has 0 amide bonds. The van der Waals surface area contributed by atoms with Gasteiger partial charge in [0.15, 0.2) is 0 Å². The Balaban J connectivity index is 0.000000375. The second-order valence-corrected chi connectivity index (χ2v) is 9.09. The van der Waals surface area contributed by atoms with Crippen molar-refractivity contribution in [3.63, 3.8) is 0 Å². The molecular formula is C16H30N4O4S2. The normalized spacial score (nSPS) is 23.4. The lowest BCUT2D eigenvalue weighted by atomic mass is 10.1. The molecule has 150 valence electrons. The van der Waals surface area contributed by atoms with E-state index in [9.17, 15) is 0 Å². The van der Waals surface area contributed by atoms with Gasteiger partial charge in [-0.2, -0.15) is 0 Å². The monoisotopic (exact) mass is 406 g/mol. The Morgan fingerprint density at radius 1 is 0.692 bits per heavy atom. The summed E-state index contributed by atoms with van der Waals surface area (Å²) in [6.45, 7) is 16.6. The molecule has 8 nitrogen and oxygen atoms in total. The molecule has 0 aromatic rings. The van der Waals surface area contributed by atoms with Crippen LogP contribution in [0.3, 0.4) is 0 Å². The van der Waals surface area contributed by atoms with Gasteiger partial charge in [0.05, 0.1) is 32.4 Å². The van der Waals surface area contributed by atoms with E-state index >= 15 is 0 Å². The number of carboxylic acid groups (broad SMARTS) is 2. The van der Waals surface area contributed by atoms with E-state index in [1.165, 1.54) is 0 Å². The van der Waals surface area contributed by atoms with Crippen LogP contribution in [-0.4, -0.2) is 54.5 Å². The Morgan fingerprint density at radius 3 is 0.962 bits per heavy atom. The van der Waals surface area contributed by atoms with Crippen LogP contribution < -0.4 is 21.3 Å². The quantitative estimate of drug-likeness (QED) is 0.258. The molecule has 2 saturated heterocycles. The van der Waals surface area contributed by atoms with E-state index in [2.05, 4.69) is 76.7 Å². The van der Waals surface area contributed by atoms with Gasteiger partial charge in [-0.25, -0.2) is 9.59 Å². The summed E-state index contributed by atoms with van der Waals surface area (Å²) in [4.78, 5) is 20.0. The van der Waals surface area contributed by atoms with Crippen molar-refractivity contribution in [1.29, 1.82) is 0 Å². The molecule has 2 fully saturated rings. The molecule has 0 aliphatic carbocycles. The zero-order chi connectivity index (χ0) is 21.1. The molecule has 0 unspecified atom stereocenters. The van der Waals surface area contributed by atoms with Crippen LogP contribution in [0, 0.1) is 0 Å². The van der Waals surface area contributed by atoms with Crippen LogP contribution in [0.1, 0.15) is 55.4 Å². The molecule has 0 saturated carbocycles. The molecule has 2 rings (SSSR count). The average Bonchev–Trinajstić information content (AvgIpc) is 2.66. The van der Waals surface area contributed by atoms with Crippen molar-refractivity contribution in [1.82, 2.24) is 21.3 Å². The maximum Gasteiger partial charge on any atom is 0.414 e. The second-order valence-electron chi connectivity index (χ2n) is 8.27. The average molecular weight is 407 g/mol.